The second-order valence-corrected chi connectivity index (χ2v) is 5.48. The van der Waals surface area contributed by atoms with Gasteiger partial charge in [-0.2, -0.15) is 0 Å². The molecule has 1 aliphatic heterocycles. The number of carbonyl (C=O) groups excluding carboxylic acids is 1. The third kappa shape index (κ3) is 2.67. The molecule has 0 radical (unpaired) electrons. The summed E-state index contributed by atoms with van der Waals surface area (Å²) in [6.45, 7) is 3.71. The van der Waals surface area contributed by atoms with Crippen LogP contribution >= 0.6 is 15.9 Å². The average molecular weight is 313 g/mol. The Bertz CT molecular complexity index is 462. The van der Waals surface area contributed by atoms with E-state index in [2.05, 4.69) is 20.8 Å². The molecule has 0 saturated carbocycles. The van der Waals surface area contributed by atoms with Gasteiger partial charge in [0.2, 0.25) is 5.91 Å². The van der Waals surface area contributed by atoms with E-state index in [1.165, 1.54) is 0 Å². The van der Waals surface area contributed by atoms with Crippen LogP contribution in [0.25, 0.3) is 0 Å². The van der Waals surface area contributed by atoms with Gasteiger partial charge in [0.15, 0.2) is 0 Å². The first-order valence-electron chi connectivity index (χ1n) is 5.95. The first-order valence-corrected chi connectivity index (χ1v) is 6.75. The number of hydrogen-bond acceptors (Lipinski definition) is 3. The molecule has 0 bridgehead atoms. The van der Waals surface area contributed by atoms with Gasteiger partial charge in [-0.3, -0.25) is 4.79 Å². The normalized spacial score (nSPS) is 18.1. The van der Waals surface area contributed by atoms with Crippen molar-refractivity contribution in [3.8, 4) is 0 Å². The van der Waals surface area contributed by atoms with Crippen LogP contribution in [0.4, 0.5) is 5.69 Å². The Balaban J connectivity index is 2.21. The van der Waals surface area contributed by atoms with Gasteiger partial charge in [0.25, 0.3) is 0 Å². The van der Waals surface area contributed by atoms with Crippen LogP contribution in [-0.2, 0) is 4.79 Å². The van der Waals surface area contributed by atoms with E-state index in [0.717, 1.165) is 28.8 Å². The van der Waals surface area contributed by atoms with Crippen LogP contribution in [0.5, 0.6) is 0 Å². The molecule has 18 heavy (non-hydrogen) atoms. The summed E-state index contributed by atoms with van der Waals surface area (Å²) >= 11 is 3.51. The molecule has 1 N–H and O–H groups in total. The second kappa shape index (κ2) is 5.28. The maximum Gasteiger partial charge on any atom is 0.241 e. The Kier molecular flexibility index (Phi) is 3.92. The molecule has 1 aromatic rings. The van der Waals surface area contributed by atoms with Crippen molar-refractivity contribution in [1.82, 2.24) is 4.90 Å². The van der Waals surface area contributed by atoms with Crippen LogP contribution in [0.2, 0.25) is 0 Å². The minimum atomic E-state index is -0.482. The van der Waals surface area contributed by atoms with Crippen LogP contribution in [-0.4, -0.2) is 42.6 Å². The number of aliphatic hydroxyl groups excluding tert-OH is 1. The number of piperazine rings is 1. The van der Waals surface area contributed by atoms with Crippen molar-refractivity contribution in [2.45, 2.75) is 13.0 Å². The molecule has 1 aliphatic rings. The maximum absolute atomic E-state index is 11.7. The lowest BCUT2D eigenvalue weighted by atomic mass is 10.1. The lowest BCUT2D eigenvalue weighted by Gasteiger charge is -2.34. The van der Waals surface area contributed by atoms with Crippen molar-refractivity contribution in [3.05, 3.63) is 28.2 Å². The summed E-state index contributed by atoms with van der Waals surface area (Å²) in [6.07, 6.45) is -0.482. The largest absolute Gasteiger partial charge is 0.389 e. The molecule has 1 fully saturated rings. The highest BCUT2D eigenvalue weighted by Crippen LogP contribution is 2.30. The number of amides is 1. The number of carbonyl (C=O) groups is 1. The number of nitrogens with zero attached hydrogens (tertiary/aromatic N) is 2. The summed E-state index contributed by atoms with van der Waals surface area (Å²) in [4.78, 5) is 15.5. The Morgan fingerprint density at radius 3 is 2.67 bits per heavy atom. The minimum absolute atomic E-state index is 0.132. The van der Waals surface area contributed by atoms with Gasteiger partial charge in [-0.1, -0.05) is 6.07 Å². The van der Waals surface area contributed by atoms with Crippen molar-refractivity contribution in [2.24, 2.45) is 0 Å². The Hall–Kier alpha value is -1.07. The van der Waals surface area contributed by atoms with Gasteiger partial charge in [0.05, 0.1) is 18.3 Å². The number of halogens is 1. The zero-order chi connectivity index (χ0) is 13.3. The summed E-state index contributed by atoms with van der Waals surface area (Å²) < 4.78 is 0.915. The van der Waals surface area contributed by atoms with Crippen LogP contribution in [0.1, 0.15) is 18.6 Å². The van der Waals surface area contributed by atoms with E-state index in [4.69, 9.17) is 0 Å². The van der Waals surface area contributed by atoms with Gasteiger partial charge in [0.1, 0.15) is 0 Å². The molecular weight excluding hydrogens is 296 g/mol. The number of rotatable bonds is 2. The smallest absolute Gasteiger partial charge is 0.241 e. The van der Waals surface area contributed by atoms with Crippen LogP contribution in [0.3, 0.4) is 0 Å². The van der Waals surface area contributed by atoms with Crippen molar-refractivity contribution in [3.63, 3.8) is 0 Å². The average Bonchev–Trinajstić information content (AvgIpc) is 2.32. The van der Waals surface area contributed by atoms with Crippen LogP contribution < -0.4 is 4.90 Å². The van der Waals surface area contributed by atoms with Crippen molar-refractivity contribution < 1.29 is 9.90 Å². The molecule has 1 aromatic carbocycles. The monoisotopic (exact) mass is 312 g/mol. The Morgan fingerprint density at radius 1 is 1.39 bits per heavy atom. The fourth-order valence-corrected chi connectivity index (χ4v) is 2.65. The van der Waals surface area contributed by atoms with E-state index >= 15 is 0 Å². The highest BCUT2D eigenvalue weighted by Gasteiger charge is 2.22. The molecule has 1 heterocycles. The molecule has 0 aromatic heterocycles. The quantitative estimate of drug-likeness (QED) is 0.905. The minimum Gasteiger partial charge on any atom is -0.389 e. The first kappa shape index (κ1) is 13.4. The molecule has 0 unspecified atom stereocenters. The second-order valence-electron chi connectivity index (χ2n) is 4.62. The molecule has 1 saturated heterocycles. The highest BCUT2D eigenvalue weighted by molar-refractivity contribution is 9.10. The topological polar surface area (TPSA) is 43.8 Å². The number of hydrogen-bond donors (Lipinski definition) is 1. The van der Waals surface area contributed by atoms with Gasteiger partial charge in [-0.15, -0.1) is 0 Å². The van der Waals surface area contributed by atoms with Crippen LogP contribution in [0.15, 0.2) is 22.7 Å². The summed E-state index contributed by atoms with van der Waals surface area (Å²) in [7, 11) is 1.82. The summed E-state index contributed by atoms with van der Waals surface area (Å²) in [6, 6.07) is 5.75. The summed E-state index contributed by atoms with van der Waals surface area (Å²) in [5, 5.41) is 9.53. The summed E-state index contributed by atoms with van der Waals surface area (Å²) in [5.41, 5.74) is 1.87. The van der Waals surface area contributed by atoms with Crippen molar-refractivity contribution >= 4 is 27.5 Å². The van der Waals surface area contributed by atoms with Gasteiger partial charge >= 0.3 is 0 Å². The number of likely N-dealkylation sites (N-methyl/N-ethyl adjacent to an activating group) is 1. The van der Waals surface area contributed by atoms with Gasteiger partial charge in [-0.05, 0) is 40.5 Å². The molecular formula is C13H17BrN2O2. The highest BCUT2D eigenvalue weighted by atomic mass is 79.9. The maximum atomic E-state index is 11.7. The van der Waals surface area contributed by atoms with Gasteiger partial charge in [-0.25, -0.2) is 0 Å². The third-order valence-corrected chi connectivity index (χ3v) is 3.89. The van der Waals surface area contributed by atoms with Gasteiger partial charge in [0, 0.05) is 24.6 Å². The lowest BCUT2D eigenvalue weighted by Crippen LogP contribution is -2.48. The van der Waals surface area contributed by atoms with E-state index in [1.54, 1.807) is 11.8 Å². The van der Waals surface area contributed by atoms with E-state index in [1.807, 2.05) is 25.2 Å². The van der Waals surface area contributed by atoms with E-state index < -0.39 is 6.10 Å². The zero-order valence-electron chi connectivity index (χ0n) is 10.6. The van der Waals surface area contributed by atoms with E-state index in [9.17, 15) is 9.90 Å². The van der Waals surface area contributed by atoms with Gasteiger partial charge < -0.3 is 14.9 Å². The van der Waals surface area contributed by atoms with Crippen molar-refractivity contribution in [1.29, 1.82) is 0 Å². The molecule has 0 spiro atoms. The van der Waals surface area contributed by atoms with Crippen LogP contribution in [0, 0.1) is 0 Å². The zero-order valence-corrected chi connectivity index (χ0v) is 12.1. The first-order chi connectivity index (χ1) is 8.49. The molecule has 98 valence electrons. The third-order valence-electron chi connectivity index (χ3n) is 3.25. The van der Waals surface area contributed by atoms with E-state index in [-0.39, 0.29) is 5.91 Å². The SMILES string of the molecule is C[C@H](O)c1ccc(N2CCN(C)C(=O)C2)c(Br)c1. The fraction of sp³-hybridized carbons (Fsp3) is 0.462. The molecule has 2 rings (SSSR count). The number of aliphatic hydroxyl groups is 1. The Morgan fingerprint density at radius 2 is 2.11 bits per heavy atom. The predicted molar refractivity (Wildman–Crippen MR) is 74.6 cm³/mol. The molecule has 5 heteroatoms. The number of benzene rings is 1. The van der Waals surface area contributed by atoms with Crippen molar-refractivity contribution in [2.75, 3.05) is 31.6 Å². The van der Waals surface area contributed by atoms with E-state index in [0.29, 0.717) is 6.54 Å². The summed E-state index contributed by atoms with van der Waals surface area (Å²) in [5.74, 6) is 0.132. The molecule has 4 nitrogen and oxygen atoms in total. The molecule has 1 amide bonds. The number of anilines is 1. The predicted octanol–water partition coefficient (Wildman–Crippen LogP) is 1.78. The molecule has 1 atom stereocenters. The molecule has 0 aliphatic carbocycles. The standard InChI is InChI=1S/C13H17BrN2O2/c1-9(17)10-3-4-12(11(14)7-10)16-6-5-15(2)13(18)8-16/h3-4,7,9,17H,5-6,8H2,1-2H3/t9-/m0/s1. The Labute approximate surface area is 115 Å². The lowest BCUT2D eigenvalue weighted by molar-refractivity contribution is -0.129. The fourth-order valence-electron chi connectivity index (χ4n) is 2.00.